The van der Waals surface area contributed by atoms with E-state index in [1.807, 2.05) is 6.08 Å². The molecule has 2 saturated heterocycles. The molecular weight excluding hydrogens is 823 g/mol. The van der Waals surface area contributed by atoms with Crippen molar-refractivity contribution in [2.24, 2.45) is 0 Å². The van der Waals surface area contributed by atoms with E-state index in [9.17, 15) is 45.6 Å². The van der Waals surface area contributed by atoms with Gasteiger partial charge in [0.2, 0.25) is 5.91 Å². The van der Waals surface area contributed by atoms with Crippen molar-refractivity contribution in [1.82, 2.24) is 5.32 Å². The van der Waals surface area contributed by atoms with E-state index in [1.54, 1.807) is 6.08 Å². The largest absolute Gasteiger partial charge is 0.394 e. The summed E-state index contributed by atoms with van der Waals surface area (Å²) in [4.78, 5) is 13.1. The highest BCUT2D eigenvalue weighted by molar-refractivity contribution is 5.76. The third-order valence-corrected chi connectivity index (χ3v) is 12.6. The Kier molecular flexibility index (Phi) is 34.3. The fourth-order valence-corrected chi connectivity index (χ4v) is 8.40. The van der Waals surface area contributed by atoms with Crippen LogP contribution < -0.4 is 5.32 Å². The van der Waals surface area contributed by atoms with Crippen LogP contribution in [0, 0.1) is 0 Å². The summed E-state index contributed by atoms with van der Waals surface area (Å²) in [6.45, 7) is 2.75. The van der Waals surface area contributed by atoms with Crippen LogP contribution in [0.2, 0.25) is 0 Å². The third-order valence-electron chi connectivity index (χ3n) is 12.6. The number of amides is 1. The second-order valence-electron chi connectivity index (χ2n) is 18.3. The van der Waals surface area contributed by atoms with Crippen molar-refractivity contribution in [2.75, 3.05) is 19.8 Å². The number of unbranched alkanes of at least 4 members (excludes halogenated alkanes) is 24. The molecule has 64 heavy (non-hydrogen) atoms. The molecule has 2 aliphatic heterocycles. The van der Waals surface area contributed by atoms with Crippen LogP contribution in [0.4, 0.5) is 0 Å². The van der Waals surface area contributed by atoms with Gasteiger partial charge in [-0.2, -0.15) is 0 Å². The minimum atomic E-state index is -1.79. The van der Waals surface area contributed by atoms with Crippen molar-refractivity contribution in [3.05, 3.63) is 24.3 Å². The summed E-state index contributed by atoms with van der Waals surface area (Å²) in [5, 5.41) is 86.5. The number of allylic oxidation sites excluding steroid dienone is 3. The lowest BCUT2D eigenvalue weighted by Gasteiger charge is -2.46. The normalized spacial score (nSPS) is 27.4. The molecule has 14 nitrogen and oxygen atoms in total. The van der Waals surface area contributed by atoms with Crippen LogP contribution in [0.3, 0.4) is 0 Å². The van der Waals surface area contributed by atoms with Gasteiger partial charge in [-0.1, -0.05) is 167 Å². The standard InChI is InChI=1S/C50H93NO13/c1-3-5-7-9-11-13-14-15-16-17-18-19-20-21-22-23-24-26-28-30-32-34-42(55)51-38(39(54)33-31-29-27-25-12-10-8-6-4-2)37-61-49-47(60)45(58)48(41(36-53)63-49)64-50-46(59)44(57)43(56)40(35-52)62-50/h17-18,31,33,38-41,43-50,52-54,56-60H,3-16,19-30,32,34-37H2,1-2H3,(H,51,55)/b18-17-,33-31+. The van der Waals surface area contributed by atoms with Crippen molar-refractivity contribution in [2.45, 2.75) is 267 Å². The Hall–Kier alpha value is -1.53. The number of aliphatic hydroxyl groups is 8. The van der Waals surface area contributed by atoms with E-state index in [2.05, 4.69) is 31.3 Å². The average molecular weight is 916 g/mol. The number of ether oxygens (including phenoxy) is 4. The molecule has 12 unspecified atom stereocenters. The van der Waals surface area contributed by atoms with E-state index in [1.165, 1.54) is 128 Å². The predicted molar refractivity (Wildman–Crippen MR) is 249 cm³/mol. The molecule has 0 saturated carbocycles. The molecule has 9 N–H and O–H groups in total. The van der Waals surface area contributed by atoms with Gasteiger partial charge in [0.15, 0.2) is 12.6 Å². The molecule has 1 amide bonds. The van der Waals surface area contributed by atoms with Gasteiger partial charge in [-0.3, -0.25) is 4.79 Å². The molecule has 376 valence electrons. The summed E-state index contributed by atoms with van der Waals surface area (Å²) in [5.74, 6) is -0.244. The number of hydrogen-bond donors (Lipinski definition) is 9. The number of nitrogens with one attached hydrogen (secondary N) is 1. The van der Waals surface area contributed by atoms with Gasteiger partial charge in [-0.25, -0.2) is 0 Å². The Morgan fingerprint density at radius 3 is 1.48 bits per heavy atom. The lowest BCUT2D eigenvalue weighted by Crippen LogP contribution is -2.65. The van der Waals surface area contributed by atoms with Crippen LogP contribution >= 0.6 is 0 Å². The summed E-state index contributed by atoms with van der Waals surface area (Å²) >= 11 is 0. The molecule has 0 radical (unpaired) electrons. The first kappa shape index (κ1) is 58.6. The second-order valence-corrected chi connectivity index (χ2v) is 18.3. The van der Waals surface area contributed by atoms with E-state index in [4.69, 9.17) is 18.9 Å². The Morgan fingerprint density at radius 2 is 0.984 bits per heavy atom. The molecule has 0 aromatic carbocycles. The molecule has 2 rings (SSSR count). The van der Waals surface area contributed by atoms with E-state index in [-0.39, 0.29) is 18.9 Å². The summed E-state index contributed by atoms with van der Waals surface area (Å²) in [6.07, 6.45) is 23.8. The highest BCUT2D eigenvalue weighted by Crippen LogP contribution is 2.30. The molecule has 0 aromatic heterocycles. The molecule has 0 aromatic rings. The maximum atomic E-state index is 13.1. The van der Waals surface area contributed by atoms with Crippen molar-refractivity contribution < 1.29 is 64.6 Å². The first-order valence-electron chi connectivity index (χ1n) is 25.6. The molecule has 0 spiro atoms. The topological polar surface area (TPSA) is 228 Å². The van der Waals surface area contributed by atoms with Crippen LogP contribution in [0.1, 0.15) is 194 Å². The quantitative estimate of drug-likeness (QED) is 0.0236. The molecule has 0 aliphatic carbocycles. The summed E-state index contributed by atoms with van der Waals surface area (Å²) < 4.78 is 22.6. The Morgan fingerprint density at radius 1 is 0.547 bits per heavy atom. The monoisotopic (exact) mass is 916 g/mol. The fraction of sp³-hybridized carbons (Fsp3) is 0.900. The second kappa shape index (κ2) is 37.5. The molecule has 2 aliphatic rings. The van der Waals surface area contributed by atoms with Gasteiger partial charge < -0.3 is 65.1 Å². The zero-order chi connectivity index (χ0) is 46.8. The third kappa shape index (κ3) is 24.5. The lowest BCUT2D eigenvalue weighted by molar-refractivity contribution is -0.359. The molecule has 2 heterocycles. The lowest BCUT2D eigenvalue weighted by atomic mass is 9.97. The number of carbonyl (C=O) groups is 1. The van der Waals surface area contributed by atoms with E-state index >= 15 is 0 Å². The first-order chi connectivity index (χ1) is 31.1. The van der Waals surface area contributed by atoms with Crippen LogP contribution in [0.15, 0.2) is 24.3 Å². The van der Waals surface area contributed by atoms with Gasteiger partial charge in [0.1, 0.15) is 48.8 Å². The van der Waals surface area contributed by atoms with Gasteiger partial charge in [0.25, 0.3) is 0 Å². The van der Waals surface area contributed by atoms with Gasteiger partial charge in [0.05, 0.1) is 32.0 Å². The number of rotatable bonds is 39. The zero-order valence-electron chi connectivity index (χ0n) is 39.8. The van der Waals surface area contributed by atoms with Crippen molar-refractivity contribution >= 4 is 5.91 Å². The molecular formula is C50H93NO13. The predicted octanol–water partition coefficient (Wildman–Crippen LogP) is 6.55. The van der Waals surface area contributed by atoms with Crippen molar-refractivity contribution in [3.8, 4) is 0 Å². The van der Waals surface area contributed by atoms with Gasteiger partial charge in [-0.05, 0) is 44.9 Å². The highest BCUT2D eigenvalue weighted by Gasteiger charge is 2.51. The number of hydrogen-bond acceptors (Lipinski definition) is 13. The van der Waals surface area contributed by atoms with Crippen LogP contribution in [-0.2, 0) is 23.7 Å². The zero-order valence-corrected chi connectivity index (χ0v) is 39.8. The minimum absolute atomic E-state index is 0.244. The smallest absolute Gasteiger partial charge is 0.220 e. The van der Waals surface area contributed by atoms with Crippen molar-refractivity contribution in [3.63, 3.8) is 0 Å². The number of carbonyl (C=O) groups excluding carboxylic acids is 1. The minimum Gasteiger partial charge on any atom is -0.394 e. The van der Waals surface area contributed by atoms with E-state index < -0.39 is 86.8 Å². The number of aliphatic hydroxyl groups excluding tert-OH is 8. The summed E-state index contributed by atoms with van der Waals surface area (Å²) in [7, 11) is 0. The van der Waals surface area contributed by atoms with Crippen LogP contribution in [-0.4, -0.2) is 140 Å². The van der Waals surface area contributed by atoms with Crippen molar-refractivity contribution in [1.29, 1.82) is 0 Å². The average Bonchev–Trinajstić information content (AvgIpc) is 3.29. The highest BCUT2D eigenvalue weighted by atomic mass is 16.7. The van der Waals surface area contributed by atoms with Gasteiger partial charge in [-0.15, -0.1) is 0 Å². The van der Waals surface area contributed by atoms with E-state index in [0.717, 1.165) is 38.5 Å². The van der Waals surface area contributed by atoms with Crippen LogP contribution in [0.25, 0.3) is 0 Å². The summed E-state index contributed by atoms with van der Waals surface area (Å²) in [6, 6.07) is -0.910. The van der Waals surface area contributed by atoms with Crippen LogP contribution in [0.5, 0.6) is 0 Å². The Labute approximate surface area is 386 Å². The Bertz CT molecular complexity index is 1170. The maximum absolute atomic E-state index is 13.1. The van der Waals surface area contributed by atoms with Gasteiger partial charge in [0, 0.05) is 6.42 Å². The fourth-order valence-electron chi connectivity index (χ4n) is 8.40. The molecule has 12 atom stereocenters. The molecule has 14 heteroatoms. The van der Waals surface area contributed by atoms with E-state index in [0.29, 0.717) is 6.42 Å². The SMILES string of the molecule is CCCCCCCCC/C=C/C(O)C(COC1OC(CO)C(OC2OC(CO)C(O)C(O)C2O)C(O)C1O)NC(=O)CCCCCCCCCCC/C=C\CCCCCCCCCC. The first-order valence-corrected chi connectivity index (χ1v) is 25.6. The molecule has 2 fully saturated rings. The maximum Gasteiger partial charge on any atom is 0.220 e. The summed E-state index contributed by atoms with van der Waals surface area (Å²) in [5.41, 5.74) is 0. The molecule has 0 bridgehead atoms. The Balaban J connectivity index is 1.77. The van der Waals surface area contributed by atoms with Gasteiger partial charge >= 0.3 is 0 Å².